The number of benzene rings is 10. The smallest absolute Gasteiger partial charge is 0.188 e. The van der Waals surface area contributed by atoms with E-state index in [1.807, 2.05) is 48.5 Å². The van der Waals surface area contributed by atoms with Crippen molar-refractivity contribution in [2.24, 2.45) is 0 Å². The van der Waals surface area contributed by atoms with Crippen LogP contribution >= 0.6 is 0 Å². The second kappa shape index (κ2) is 15.8. The highest BCUT2D eigenvalue weighted by atomic mass is 15.0. The molecule has 0 aliphatic carbocycles. The second-order valence-electron chi connectivity index (χ2n) is 16.7. The van der Waals surface area contributed by atoms with Gasteiger partial charge in [-0.25, -0.2) is 4.85 Å². The minimum atomic E-state index is 0.516. The van der Waals surface area contributed by atoms with Gasteiger partial charge in [-0.15, -0.1) is 0 Å². The fourth-order valence-corrected chi connectivity index (χ4v) is 9.83. The van der Waals surface area contributed by atoms with Gasteiger partial charge >= 0.3 is 0 Å². The van der Waals surface area contributed by atoms with E-state index in [2.05, 4.69) is 202 Å². The lowest BCUT2D eigenvalue weighted by molar-refractivity contribution is 1.16. The first kappa shape index (κ1) is 38.5. The van der Waals surface area contributed by atoms with Crippen LogP contribution in [0, 0.1) is 17.9 Å². The van der Waals surface area contributed by atoms with Gasteiger partial charge in [-0.05, 0) is 129 Å². The summed E-state index contributed by atoms with van der Waals surface area (Å²) in [5, 5.41) is 15.0. The lowest BCUT2D eigenvalue weighted by atomic mass is 9.97. The summed E-state index contributed by atoms with van der Waals surface area (Å²) in [6.45, 7) is 8.25. The Morgan fingerprint density at radius 2 is 0.667 bits per heavy atom. The maximum atomic E-state index is 10.5. The molecule has 4 nitrogen and oxygen atoms in total. The van der Waals surface area contributed by atoms with Crippen LogP contribution in [0.25, 0.3) is 115 Å². The SMILES string of the molecule is [C-]#[N+]c1ccc(-n2c3ccc(-c4ccccc4)cc3c3cc(-c4ccccc4)ccc32)c(-c2cc(C#N)ccc2-n2c3ccc(-c4ccccc4)cc3c3cc(-c4ccccc4)ccc32)c1. The summed E-state index contributed by atoms with van der Waals surface area (Å²) in [4.78, 5) is 3.97. The first-order valence-electron chi connectivity index (χ1n) is 22.1. The van der Waals surface area contributed by atoms with Gasteiger partial charge in [-0.1, -0.05) is 152 Å². The van der Waals surface area contributed by atoms with E-state index in [1.54, 1.807) is 0 Å². The molecule has 66 heavy (non-hydrogen) atoms. The van der Waals surface area contributed by atoms with Crippen LogP contribution in [0.1, 0.15) is 5.56 Å². The molecule has 4 heteroatoms. The Balaban J connectivity index is 1.14. The highest BCUT2D eigenvalue weighted by molar-refractivity contribution is 6.14. The Bertz CT molecular complexity index is 3470. The molecule has 0 atom stereocenters. The third kappa shape index (κ3) is 6.45. The van der Waals surface area contributed by atoms with Crippen molar-refractivity contribution in [3.8, 4) is 73.1 Å². The maximum Gasteiger partial charge on any atom is 0.188 e. The van der Waals surface area contributed by atoms with E-state index >= 15 is 0 Å². The zero-order valence-electron chi connectivity index (χ0n) is 35.7. The van der Waals surface area contributed by atoms with Crippen molar-refractivity contribution in [1.29, 1.82) is 5.26 Å². The fraction of sp³-hybridized carbons (Fsp3) is 0. The van der Waals surface area contributed by atoms with Gasteiger partial charge in [-0.2, -0.15) is 5.26 Å². The Hall–Kier alpha value is -9.22. The summed E-state index contributed by atoms with van der Waals surface area (Å²) >= 11 is 0. The first-order valence-corrected chi connectivity index (χ1v) is 22.1. The van der Waals surface area contributed by atoms with Crippen LogP contribution in [0.5, 0.6) is 0 Å². The van der Waals surface area contributed by atoms with Gasteiger partial charge in [-0.3, -0.25) is 0 Å². The van der Waals surface area contributed by atoms with Gasteiger partial charge in [0.15, 0.2) is 5.69 Å². The molecule has 0 bridgehead atoms. The second-order valence-corrected chi connectivity index (χ2v) is 16.7. The monoisotopic (exact) mass is 838 g/mol. The quantitative estimate of drug-likeness (QED) is 0.147. The predicted molar refractivity (Wildman–Crippen MR) is 273 cm³/mol. The number of nitrogens with zero attached hydrogens (tertiary/aromatic N) is 4. The minimum absolute atomic E-state index is 0.516. The van der Waals surface area contributed by atoms with Crippen LogP contribution in [0.4, 0.5) is 5.69 Å². The van der Waals surface area contributed by atoms with Crippen molar-refractivity contribution in [1.82, 2.24) is 9.13 Å². The van der Waals surface area contributed by atoms with Crippen molar-refractivity contribution in [2.45, 2.75) is 0 Å². The zero-order chi connectivity index (χ0) is 44.1. The van der Waals surface area contributed by atoms with Gasteiger partial charge in [0.2, 0.25) is 0 Å². The lowest BCUT2D eigenvalue weighted by Gasteiger charge is -2.19. The molecule has 10 aromatic carbocycles. The third-order valence-corrected chi connectivity index (χ3v) is 13.0. The number of hydrogen-bond acceptors (Lipinski definition) is 1. The van der Waals surface area contributed by atoms with E-state index < -0.39 is 0 Å². The molecule has 12 aromatic rings. The molecule has 306 valence electrons. The van der Waals surface area contributed by atoms with Crippen LogP contribution in [-0.2, 0) is 0 Å². The Morgan fingerprint density at radius 3 is 1.00 bits per heavy atom. The molecule has 0 amide bonds. The zero-order valence-corrected chi connectivity index (χ0v) is 35.7. The van der Waals surface area contributed by atoms with Gasteiger partial charge in [0.25, 0.3) is 0 Å². The summed E-state index contributed by atoms with van der Waals surface area (Å²) in [6.07, 6.45) is 0. The van der Waals surface area contributed by atoms with Gasteiger partial charge in [0.1, 0.15) is 0 Å². The molecule has 0 saturated heterocycles. The van der Waals surface area contributed by atoms with Crippen LogP contribution in [-0.4, -0.2) is 9.13 Å². The molecule has 0 unspecified atom stereocenters. The summed E-state index contributed by atoms with van der Waals surface area (Å²) < 4.78 is 4.67. The normalized spacial score (nSPS) is 11.3. The molecule has 0 radical (unpaired) electrons. The highest BCUT2D eigenvalue weighted by Gasteiger charge is 2.23. The minimum Gasteiger partial charge on any atom is -0.309 e. The summed E-state index contributed by atoms with van der Waals surface area (Å²) in [5.41, 5.74) is 17.9. The molecular formula is C62H38N4. The van der Waals surface area contributed by atoms with Crippen LogP contribution in [0.15, 0.2) is 231 Å². The van der Waals surface area contributed by atoms with Crippen molar-refractivity contribution >= 4 is 49.3 Å². The number of rotatable bonds is 7. The molecule has 0 N–H and O–H groups in total. The largest absolute Gasteiger partial charge is 0.309 e. The molecule has 2 aromatic heterocycles. The van der Waals surface area contributed by atoms with Gasteiger partial charge in [0, 0.05) is 27.1 Å². The summed E-state index contributed by atoms with van der Waals surface area (Å²) in [5.74, 6) is 0. The number of nitriles is 1. The Kier molecular flexibility index (Phi) is 9.23. The van der Waals surface area contributed by atoms with Crippen molar-refractivity contribution < 1.29 is 0 Å². The van der Waals surface area contributed by atoms with E-state index in [1.165, 1.54) is 0 Å². The van der Waals surface area contributed by atoms with E-state index in [0.29, 0.717) is 11.3 Å². The Labute approximate surface area is 382 Å². The highest BCUT2D eigenvalue weighted by Crippen LogP contribution is 2.44. The molecule has 0 aliphatic heterocycles. The third-order valence-electron chi connectivity index (χ3n) is 13.0. The molecule has 0 fully saturated rings. The van der Waals surface area contributed by atoms with E-state index in [0.717, 1.165) is 111 Å². The molecule has 0 aliphatic rings. The first-order chi connectivity index (χ1) is 32.6. The topological polar surface area (TPSA) is 38.0 Å². The van der Waals surface area contributed by atoms with Gasteiger partial charge < -0.3 is 9.13 Å². The standard InChI is InChI=1S/C62H38N4/c1-64-50-27-33-62(66-60-31-25-48(44-18-10-4-11-19-44)37-54(60)55-38-49(26-32-61(55)66)45-20-12-5-13-21-45)56(39-50)51-34-41(40-63)22-28-57(51)65-58-29-23-46(42-14-6-2-7-15-42)35-52(58)53-36-47(24-30-59(53)65)43-16-8-3-9-17-43/h2-39H. The van der Waals surface area contributed by atoms with E-state index in [9.17, 15) is 5.26 Å². The summed E-state index contributed by atoms with van der Waals surface area (Å²) in [6, 6.07) is 83.3. The lowest BCUT2D eigenvalue weighted by Crippen LogP contribution is -2.02. The molecule has 0 saturated carbocycles. The Morgan fingerprint density at radius 1 is 0.333 bits per heavy atom. The van der Waals surface area contributed by atoms with Crippen molar-refractivity contribution in [3.05, 3.63) is 248 Å². The van der Waals surface area contributed by atoms with Crippen LogP contribution in [0.3, 0.4) is 0 Å². The summed E-state index contributed by atoms with van der Waals surface area (Å²) in [7, 11) is 0. The van der Waals surface area contributed by atoms with Crippen LogP contribution in [0.2, 0.25) is 0 Å². The van der Waals surface area contributed by atoms with E-state index in [-0.39, 0.29) is 0 Å². The molecule has 2 heterocycles. The van der Waals surface area contributed by atoms with Crippen molar-refractivity contribution in [3.63, 3.8) is 0 Å². The van der Waals surface area contributed by atoms with Gasteiger partial charge in [0.05, 0.1) is 51.6 Å². The predicted octanol–water partition coefficient (Wildman–Crippen LogP) is 16.6. The molecule has 12 rings (SSSR count). The average Bonchev–Trinajstić information content (AvgIpc) is 3.90. The number of fused-ring (bicyclic) bond motifs is 6. The maximum absolute atomic E-state index is 10.5. The fourth-order valence-electron chi connectivity index (χ4n) is 9.83. The molecular weight excluding hydrogens is 801 g/mol. The van der Waals surface area contributed by atoms with E-state index in [4.69, 9.17) is 6.57 Å². The number of hydrogen-bond donors (Lipinski definition) is 0. The molecule has 0 spiro atoms. The average molecular weight is 839 g/mol. The number of aromatic nitrogens is 2. The van der Waals surface area contributed by atoms with Crippen molar-refractivity contribution in [2.75, 3.05) is 0 Å². The van der Waals surface area contributed by atoms with Crippen LogP contribution < -0.4 is 0 Å².